The van der Waals surface area contributed by atoms with Crippen LogP contribution in [0.3, 0.4) is 0 Å². The van der Waals surface area contributed by atoms with Crippen molar-refractivity contribution >= 4 is 44.9 Å². The molecular weight excluding hydrogens is 312 g/mol. The third-order valence-corrected chi connectivity index (χ3v) is 2.72. The van der Waals surface area contributed by atoms with Gasteiger partial charge in [-0.3, -0.25) is 4.79 Å². The van der Waals surface area contributed by atoms with Gasteiger partial charge in [-0.05, 0) is 35.8 Å². The van der Waals surface area contributed by atoms with Crippen LogP contribution in [0.5, 0.6) is 0 Å². The van der Waals surface area contributed by atoms with Gasteiger partial charge in [-0.15, -0.1) is 0 Å². The van der Waals surface area contributed by atoms with Crippen molar-refractivity contribution in [1.82, 2.24) is 5.32 Å². The fraction of sp³-hybridized carbons (Fsp3) is 0.385. The zero-order chi connectivity index (χ0) is 13.8. The van der Waals surface area contributed by atoms with Gasteiger partial charge in [0.1, 0.15) is 0 Å². The molecule has 1 aromatic rings. The lowest BCUT2D eigenvalue weighted by Gasteiger charge is -2.17. The Labute approximate surface area is 121 Å². The van der Waals surface area contributed by atoms with Crippen LogP contribution in [0.1, 0.15) is 27.2 Å². The van der Waals surface area contributed by atoms with E-state index < -0.39 is 0 Å². The summed E-state index contributed by atoms with van der Waals surface area (Å²) in [7, 11) is 0. The first-order valence-electron chi connectivity index (χ1n) is 5.63. The van der Waals surface area contributed by atoms with Gasteiger partial charge in [0.25, 0.3) is 0 Å². The van der Waals surface area contributed by atoms with E-state index in [9.17, 15) is 4.79 Å². The summed E-state index contributed by atoms with van der Waals surface area (Å²) in [5.74, 6) is -0.0741. The highest BCUT2D eigenvalue weighted by molar-refractivity contribution is 9.10. The molecule has 0 saturated carbocycles. The van der Waals surface area contributed by atoms with Crippen LogP contribution in [-0.2, 0) is 4.79 Å². The van der Waals surface area contributed by atoms with Crippen LogP contribution in [0, 0.1) is 5.41 Å². The average molecular weight is 329 g/mol. The predicted molar refractivity (Wildman–Crippen MR) is 82.6 cm³/mol. The number of thiocarbonyl (C=S) groups is 1. The van der Waals surface area contributed by atoms with E-state index in [4.69, 9.17) is 12.2 Å². The zero-order valence-corrected chi connectivity index (χ0v) is 13.1. The number of carbonyl (C=O) groups is 1. The Morgan fingerprint density at radius 2 is 2.06 bits per heavy atom. The van der Waals surface area contributed by atoms with Gasteiger partial charge in [-0.25, -0.2) is 0 Å². The van der Waals surface area contributed by atoms with Crippen molar-refractivity contribution in [3.8, 4) is 0 Å². The molecule has 0 atom stereocenters. The van der Waals surface area contributed by atoms with E-state index in [0.29, 0.717) is 11.5 Å². The average Bonchev–Trinajstić information content (AvgIpc) is 2.13. The van der Waals surface area contributed by atoms with Crippen LogP contribution in [0.15, 0.2) is 28.7 Å². The molecule has 5 heteroatoms. The number of halogens is 1. The summed E-state index contributed by atoms with van der Waals surface area (Å²) >= 11 is 8.46. The van der Waals surface area contributed by atoms with Crippen LogP contribution in [0.25, 0.3) is 0 Å². The molecule has 0 aliphatic carbocycles. The van der Waals surface area contributed by atoms with Gasteiger partial charge >= 0.3 is 0 Å². The molecule has 0 heterocycles. The van der Waals surface area contributed by atoms with Crippen LogP contribution in [0.4, 0.5) is 5.69 Å². The lowest BCUT2D eigenvalue weighted by molar-refractivity contribution is -0.121. The molecule has 0 saturated heterocycles. The van der Waals surface area contributed by atoms with Crippen molar-refractivity contribution in [1.29, 1.82) is 0 Å². The SMILES string of the molecule is CC(C)(C)CC(=O)NC(=S)Nc1cccc(Br)c1. The Morgan fingerprint density at radius 3 is 2.61 bits per heavy atom. The molecule has 0 bridgehead atoms. The van der Waals surface area contributed by atoms with Crippen LogP contribution < -0.4 is 10.6 Å². The summed E-state index contributed by atoms with van der Waals surface area (Å²) < 4.78 is 0.955. The first kappa shape index (κ1) is 15.1. The van der Waals surface area contributed by atoms with E-state index in [1.165, 1.54) is 0 Å². The van der Waals surface area contributed by atoms with Gasteiger partial charge in [0.2, 0.25) is 5.91 Å². The van der Waals surface area contributed by atoms with E-state index in [-0.39, 0.29) is 11.3 Å². The van der Waals surface area contributed by atoms with Gasteiger partial charge in [-0.2, -0.15) is 0 Å². The third-order valence-electron chi connectivity index (χ3n) is 2.03. The number of hydrogen-bond donors (Lipinski definition) is 2. The highest BCUT2D eigenvalue weighted by atomic mass is 79.9. The minimum atomic E-state index is -0.0741. The topological polar surface area (TPSA) is 41.1 Å². The molecule has 1 rings (SSSR count). The van der Waals surface area contributed by atoms with E-state index in [0.717, 1.165) is 10.2 Å². The van der Waals surface area contributed by atoms with Crippen LogP contribution >= 0.6 is 28.1 Å². The molecule has 3 nitrogen and oxygen atoms in total. The van der Waals surface area contributed by atoms with Gasteiger partial charge in [0.15, 0.2) is 5.11 Å². The van der Waals surface area contributed by atoms with Gasteiger partial charge in [0.05, 0.1) is 0 Å². The quantitative estimate of drug-likeness (QED) is 0.813. The van der Waals surface area contributed by atoms with Crippen molar-refractivity contribution < 1.29 is 4.79 Å². The Morgan fingerprint density at radius 1 is 1.39 bits per heavy atom. The number of hydrogen-bond acceptors (Lipinski definition) is 2. The van der Waals surface area contributed by atoms with Crippen LogP contribution in [-0.4, -0.2) is 11.0 Å². The number of rotatable bonds is 2. The molecule has 0 fully saturated rings. The molecule has 1 aromatic carbocycles. The molecule has 2 N–H and O–H groups in total. The Kier molecular flexibility index (Phi) is 5.28. The third kappa shape index (κ3) is 6.12. The zero-order valence-electron chi connectivity index (χ0n) is 10.7. The Bertz CT molecular complexity index is 455. The Balaban J connectivity index is 2.50. The molecule has 98 valence electrons. The smallest absolute Gasteiger partial charge is 0.226 e. The van der Waals surface area contributed by atoms with E-state index >= 15 is 0 Å². The van der Waals surface area contributed by atoms with Crippen LogP contribution in [0.2, 0.25) is 0 Å². The molecular formula is C13H17BrN2OS. The van der Waals surface area contributed by atoms with Crippen molar-refractivity contribution in [2.75, 3.05) is 5.32 Å². The summed E-state index contributed by atoms with van der Waals surface area (Å²) in [6.45, 7) is 6.03. The number of amides is 1. The Hall–Kier alpha value is -0.940. The first-order valence-corrected chi connectivity index (χ1v) is 6.83. The number of anilines is 1. The standard InChI is InChI=1S/C13H17BrN2OS/c1-13(2,3)8-11(17)16-12(18)15-10-6-4-5-9(14)7-10/h4-7H,8H2,1-3H3,(H2,15,16,17,18). The molecule has 0 radical (unpaired) electrons. The second kappa shape index (κ2) is 6.29. The molecule has 1 amide bonds. The monoisotopic (exact) mass is 328 g/mol. The maximum absolute atomic E-state index is 11.7. The molecule has 18 heavy (non-hydrogen) atoms. The summed E-state index contributed by atoms with van der Waals surface area (Å²) in [6, 6.07) is 7.59. The maximum atomic E-state index is 11.7. The first-order chi connectivity index (χ1) is 8.26. The van der Waals surface area contributed by atoms with Gasteiger partial charge in [-0.1, -0.05) is 42.8 Å². The summed E-state index contributed by atoms with van der Waals surface area (Å²) in [5.41, 5.74) is 0.792. The highest BCUT2D eigenvalue weighted by Gasteiger charge is 2.16. The molecule has 0 unspecified atom stereocenters. The normalized spacial score (nSPS) is 10.9. The molecule has 0 spiro atoms. The van der Waals surface area contributed by atoms with Crippen molar-refractivity contribution in [3.05, 3.63) is 28.7 Å². The fourth-order valence-electron chi connectivity index (χ4n) is 1.38. The van der Waals surface area contributed by atoms with Crippen molar-refractivity contribution in [3.63, 3.8) is 0 Å². The number of carbonyl (C=O) groups excluding carboxylic acids is 1. The second-order valence-electron chi connectivity index (χ2n) is 5.25. The lowest BCUT2D eigenvalue weighted by Crippen LogP contribution is -2.36. The van der Waals surface area contributed by atoms with Crippen molar-refractivity contribution in [2.24, 2.45) is 5.41 Å². The minimum Gasteiger partial charge on any atom is -0.332 e. The highest BCUT2D eigenvalue weighted by Crippen LogP contribution is 2.18. The summed E-state index contributed by atoms with van der Waals surface area (Å²) in [5, 5.41) is 5.96. The largest absolute Gasteiger partial charge is 0.332 e. The van der Waals surface area contributed by atoms with Gasteiger partial charge in [0, 0.05) is 16.6 Å². The van der Waals surface area contributed by atoms with E-state index in [2.05, 4.69) is 26.6 Å². The molecule has 0 aliphatic rings. The number of nitrogens with one attached hydrogen (secondary N) is 2. The number of benzene rings is 1. The minimum absolute atomic E-state index is 0.0462. The predicted octanol–water partition coefficient (Wildman–Crippen LogP) is 3.70. The lowest BCUT2D eigenvalue weighted by atomic mass is 9.92. The molecule has 0 aromatic heterocycles. The summed E-state index contributed by atoms with van der Waals surface area (Å²) in [6.07, 6.45) is 0.438. The van der Waals surface area contributed by atoms with Gasteiger partial charge < -0.3 is 10.6 Å². The fourth-order valence-corrected chi connectivity index (χ4v) is 2.01. The molecule has 0 aliphatic heterocycles. The van der Waals surface area contributed by atoms with E-state index in [1.807, 2.05) is 45.0 Å². The van der Waals surface area contributed by atoms with Crippen molar-refractivity contribution in [2.45, 2.75) is 27.2 Å². The summed E-state index contributed by atoms with van der Waals surface area (Å²) in [4.78, 5) is 11.7. The second-order valence-corrected chi connectivity index (χ2v) is 6.57. The maximum Gasteiger partial charge on any atom is 0.226 e. The van der Waals surface area contributed by atoms with E-state index in [1.54, 1.807) is 0 Å².